The molecule has 1 unspecified atom stereocenters. The van der Waals surface area contributed by atoms with Crippen LogP contribution in [0.2, 0.25) is 0 Å². The highest BCUT2D eigenvalue weighted by Gasteiger charge is 2.16. The van der Waals surface area contributed by atoms with Crippen LogP contribution in [-0.4, -0.2) is 19.6 Å². The molecule has 3 rings (SSSR count). The van der Waals surface area contributed by atoms with Gasteiger partial charge < -0.3 is 14.8 Å². The van der Waals surface area contributed by atoms with Crippen molar-refractivity contribution in [2.45, 2.75) is 12.5 Å². The van der Waals surface area contributed by atoms with Crippen LogP contribution < -0.4 is 14.8 Å². The number of nitrogens with zero attached hydrogens (tertiary/aromatic N) is 1. The average Bonchev–Trinajstić information content (AvgIpc) is 2.78. The number of methoxy groups -OCH3 is 1. The van der Waals surface area contributed by atoms with Crippen LogP contribution >= 0.6 is 0 Å². The van der Waals surface area contributed by atoms with Crippen molar-refractivity contribution in [2.75, 3.05) is 13.7 Å². The molecule has 0 fully saturated rings. The lowest BCUT2D eigenvalue weighted by atomic mass is 9.99. The van der Waals surface area contributed by atoms with Crippen LogP contribution in [0, 0.1) is 11.3 Å². The Morgan fingerprint density at radius 2 is 1.69 bits per heavy atom. The molecule has 146 valence electrons. The zero-order valence-electron chi connectivity index (χ0n) is 16.2. The van der Waals surface area contributed by atoms with Gasteiger partial charge in [0, 0.05) is 6.07 Å². The molecule has 0 saturated carbocycles. The Morgan fingerprint density at radius 3 is 2.34 bits per heavy atom. The van der Waals surface area contributed by atoms with Crippen molar-refractivity contribution in [3.05, 3.63) is 95.6 Å². The lowest BCUT2D eigenvalue weighted by Crippen LogP contribution is -2.33. The van der Waals surface area contributed by atoms with Gasteiger partial charge in [-0.15, -0.1) is 0 Å². The standard InChI is InChI=1S/C24H22N2O3/c1-28-23-15-19(16-25)12-13-22(23)29-17-24(27)26-21(20-10-6-3-7-11-20)14-18-8-4-2-5-9-18/h2-13,15,21H,14,17H2,1H3,(H,26,27). The van der Waals surface area contributed by atoms with E-state index in [4.69, 9.17) is 14.7 Å². The fourth-order valence-corrected chi connectivity index (χ4v) is 3.02. The molecule has 3 aromatic carbocycles. The maximum Gasteiger partial charge on any atom is 0.258 e. The van der Waals surface area contributed by atoms with Gasteiger partial charge >= 0.3 is 0 Å². The molecular formula is C24H22N2O3. The van der Waals surface area contributed by atoms with E-state index in [9.17, 15) is 4.79 Å². The van der Waals surface area contributed by atoms with E-state index in [1.807, 2.05) is 66.7 Å². The molecule has 0 spiro atoms. The molecule has 1 N–H and O–H groups in total. The zero-order valence-corrected chi connectivity index (χ0v) is 16.2. The molecule has 29 heavy (non-hydrogen) atoms. The van der Waals surface area contributed by atoms with Crippen LogP contribution in [-0.2, 0) is 11.2 Å². The highest BCUT2D eigenvalue weighted by Crippen LogP contribution is 2.27. The van der Waals surface area contributed by atoms with E-state index in [1.165, 1.54) is 7.11 Å². The predicted octanol–water partition coefficient (Wildman–Crippen LogP) is 4.05. The fourth-order valence-electron chi connectivity index (χ4n) is 3.02. The van der Waals surface area contributed by atoms with E-state index in [0.29, 0.717) is 23.5 Å². The summed E-state index contributed by atoms with van der Waals surface area (Å²) >= 11 is 0. The van der Waals surface area contributed by atoms with Crippen LogP contribution in [0.15, 0.2) is 78.9 Å². The Bertz CT molecular complexity index is 982. The molecule has 0 radical (unpaired) electrons. The number of nitrogens with one attached hydrogen (secondary N) is 1. The topological polar surface area (TPSA) is 71.3 Å². The fraction of sp³-hybridized carbons (Fsp3) is 0.167. The molecule has 5 nitrogen and oxygen atoms in total. The first-order chi connectivity index (χ1) is 14.2. The average molecular weight is 386 g/mol. The Labute approximate surface area is 170 Å². The van der Waals surface area contributed by atoms with E-state index in [-0.39, 0.29) is 18.6 Å². The molecule has 1 atom stereocenters. The zero-order chi connectivity index (χ0) is 20.5. The minimum Gasteiger partial charge on any atom is -0.493 e. The van der Waals surface area contributed by atoms with Gasteiger partial charge in [0.1, 0.15) is 0 Å². The summed E-state index contributed by atoms with van der Waals surface area (Å²) in [6, 6.07) is 26.6. The van der Waals surface area contributed by atoms with E-state index in [1.54, 1.807) is 18.2 Å². The van der Waals surface area contributed by atoms with Crippen molar-refractivity contribution in [3.63, 3.8) is 0 Å². The summed E-state index contributed by atoms with van der Waals surface area (Å²) in [5, 5.41) is 12.0. The third-order valence-corrected chi connectivity index (χ3v) is 4.47. The summed E-state index contributed by atoms with van der Waals surface area (Å²) in [6.07, 6.45) is 0.677. The first-order valence-electron chi connectivity index (χ1n) is 9.29. The monoisotopic (exact) mass is 386 g/mol. The Balaban J connectivity index is 1.68. The molecule has 0 heterocycles. The number of benzene rings is 3. The van der Waals surface area contributed by atoms with Crippen LogP contribution in [0.5, 0.6) is 11.5 Å². The number of amides is 1. The molecule has 0 aliphatic heterocycles. The lowest BCUT2D eigenvalue weighted by molar-refractivity contribution is -0.123. The van der Waals surface area contributed by atoms with Gasteiger partial charge in [-0.2, -0.15) is 5.26 Å². The Morgan fingerprint density at radius 1 is 1.00 bits per heavy atom. The van der Waals surface area contributed by atoms with Crippen molar-refractivity contribution >= 4 is 5.91 Å². The van der Waals surface area contributed by atoms with Crippen LogP contribution in [0.25, 0.3) is 0 Å². The molecule has 0 saturated heterocycles. The summed E-state index contributed by atoms with van der Waals surface area (Å²) in [5.74, 6) is 0.600. The first-order valence-corrected chi connectivity index (χ1v) is 9.29. The van der Waals surface area contributed by atoms with E-state index in [0.717, 1.165) is 11.1 Å². The molecule has 0 aliphatic rings. The molecule has 5 heteroatoms. The van der Waals surface area contributed by atoms with E-state index >= 15 is 0 Å². The van der Waals surface area contributed by atoms with Gasteiger partial charge in [0.2, 0.25) is 0 Å². The Hall–Kier alpha value is -3.78. The molecule has 0 aromatic heterocycles. The van der Waals surface area contributed by atoms with E-state index < -0.39 is 0 Å². The normalized spacial score (nSPS) is 11.2. The summed E-state index contributed by atoms with van der Waals surface area (Å²) in [5.41, 5.74) is 2.63. The number of carbonyl (C=O) groups is 1. The van der Waals surface area contributed by atoms with Crippen LogP contribution in [0.3, 0.4) is 0 Å². The number of hydrogen-bond acceptors (Lipinski definition) is 4. The van der Waals surface area contributed by atoms with Gasteiger partial charge in [-0.05, 0) is 29.7 Å². The van der Waals surface area contributed by atoms with Crippen LogP contribution in [0.1, 0.15) is 22.7 Å². The van der Waals surface area contributed by atoms with Gasteiger partial charge in [0.05, 0.1) is 24.8 Å². The molecular weight excluding hydrogens is 364 g/mol. The Kier molecular flexibility index (Phi) is 6.85. The molecule has 1 amide bonds. The highest BCUT2D eigenvalue weighted by molar-refractivity contribution is 5.78. The molecule has 0 bridgehead atoms. The second-order valence-corrected chi connectivity index (χ2v) is 6.49. The van der Waals surface area contributed by atoms with Gasteiger partial charge in [-0.1, -0.05) is 60.7 Å². The number of ether oxygens (including phenoxy) is 2. The minimum absolute atomic E-state index is 0.152. The predicted molar refractivity (Wildman–Crippen MR) is 111 cm³/mol. The van der Waals surface area contributed by atoms with E-state index in [2.05, 4.69) is 5.32 Å². The summed E-state index contributed by atoms with van der Waals surface area (Å²) in [7, 11) is 1.49. The maximum atomic E-state index is 12.6. The SMILES string of the molecule is COc1cc(C#N)ccc1OCC(=O)NC(Cc1ccccc1)c1ccccc1. The van der Waals surface area contributed by atoms with Gasteiger partial charge in [-0.25, -0.2) is 0 Å². The van der Waals surface area contributed by atoms with Crippen molar-refractivity contribution in [2.24, 2.45) is 0 Å². The lowest BCUT2D eigenvalue weighted by Gasteiger charge is -2.20. The highest BCUT2D eigenvalue weighted by atomic mass is 16.5. The minimum atomic E-state index is -0.235. The van der Waals surface area contributed by atoms with Crippen molar-refractivity contribution in [1.29, 1.82) is 5.26 Å². The number of carbonyl (C=O) groups excluding carboxylic acids is 1. The second kappa shape index (κ2) is 9.95. The third kappa shape index (κ3) is 5.60. The number of hydrogen-bond donors (Lipinski definition) is 1. The largest absolute Gasteiger partial charge is 0.493 e. The summed E-state index contributed by atoms with van der Waals surface area (Å²) < 4.78 is 10.9. The third-order valence-electron chi connectivity index (χ3n) is 4.47. The van der Waals surface area contributed by atoms with Gasteiger partial charge in [0.15, 0.2) is 18.1 Å². The molecule has 3 aromatic rings. The van der Waals surface area contributed by atoms with Crippen LogP contribution in [0.4, 0.5) is 0 Å². The van der Waals surface area contributed by atoms with Crippen molar-refractivity contribution in [3.8, 4) is 17.6 Å². The first kappa shape index (κ1) is 20.0. The summed E-state index contributed by atoms with van der Waals surface area (Å²) in [4.78, 5) is 12.6. The maximum absolute atomic E-state index is 12.6. The van der Waals surface area contributed by atoms with Crippen molar-refractivity contribution < 1.29 is 14.3 Å². The van der Waals surface area contributed by atoms with Gasteiger partial charge in [0.25, 0.3) is 5.91 Å². The summed E-state index contributed by atoms with van der Waals surface area (Å²) in [6.45, 7) is -0.152. The van der Waals surface area contributed by atoms with Crippen molar-refractivity contribution in [1.82, 2.24) is 5.32 Å². The van der Waals surface area contributed by atoms with Gasteiger partial charge in [-0.3, -0.25) is 4.79 Å². The molecule has 0 aliphatic carbocycles. The second-order valence-electron chi connectivity index (χ2n) is 6.49. The quantitative estimate of drug-likeness (QED) is 0.634. The number of nitriles is 1. The number of rotatable bonds is 8. The smallest absolute Gasteiger partial charge is 0.258 e.